The van der Waals surface area contributed by atoms with E-state index in [2.05, 4.69) is 0 Å². The Balaban J connectivity index is 1.56. The third-order valence-electron chi connectivity index (χ3n) is 9.11. The molecule has 0 aromatic heterocycles. The summed E-state index contributed by atoms with van der Waals surface area (Å²) in [4.78, 5) is 68.5. The van der Waals surface area contributed by atoms with E-state index < -0.39 is 64.7 Å². The highest BCUT2D eigenvalue weighted by molar-refractivity contribution is 6.32. The van der Waals surface area contributed by atoms with Gasteiger partial charge in [0.15, 0.2) is 11.5 Å². The van der Waals surface area contributed by atoms with Gasteiger partial charge in [-0.2, -0.15) is 4.90 Å². The van der Waals surface area contributed by atoms with E-state index in [4.69, 9.17) is 22.1 Å². The largest absolute Gasteiger partial charge is 0.503 e. The molecule has 10 nitrogen and oxygen atoms in total. The van der Waals surface area contributed by atoms with Gasteiger partial charge in [-0.3, -0.25) is 19.2 Å². The van der Waals surface area contributed by atoms with Gasteiger partial charge in [-0.05, 0) is 55.5 Å². The average Bonchev–Trinajstić information content (AvgIpc) is 3.30. The zero-order chi connectivity index (χ0) is 28.7. The first-order valence-corrected chi connectivity index (χ1v) is 13.3. The third-order valence-corrected chi connectivity index (χ3v) is 9.40. The molecule has 6 rings (SSSR count). The number of carbonyl (C=O) groups is 5. The van der Waals surface area contributed by atoms with Crippen molar-refractivity contribution in [3.05, 3.63) is 64.7 Å². The van der Waals surface area contributed by atoms with Crippen LogP contribution < -0.4 is 15.4 Å². The number of carbonyl (C=O) groups excluding carboxylic acids is 5. The standard InChI is InChI=1S/C29H26ClN3O7/c1-29-18(25(36)32(27(29)38)14-6-4-3-5-7-14)12-17-15(22(29)13-10-19(30)23(34)20(11-13)40-2)8-9-16-21(17)26(37)33(24(16)35)28(31)39/h3-8,10-11,16-18,21-22,34H,9,12H2,1-2H3,(H2,31,39). The first-order valence-electron chi connectivity index (χ1n) is 12.9. The number of urea groups is 1. The number of amides is 6. The summed E-state index contributed by atoms with van der Waals surface area (Å²) in [6, 6.07) is 10.6. The number of phenols is 1. The Bertz CT molecular complexity index is 1540. The summed E-state index contributed by atoms with van der Waals surface area (Å²) in [5, 5.41) is 10.4. The zero-order valence-corrected chi connectivity index (χ0v) is 22.4. The van der Waals surface area contributed by atoms with Crippen molar-refractivity contribution >= 4 is 46.9 Å². The monoisotopic (exact) mass is 563 g/mol. The molecular weight excluding hydrogens is 538 g/mol. The molecule has 6 unspecified atom stereocenters. The molecule has 2 aliphatic carbocycles. The second kappa shape index (κ2) is 8.92. The summed E-state index contributed by atoms with van der Waals surface area (Å²) >= 11 is 6.39. The van der Waals surface area contributed by atoms with Crippen LogP contribution in [0.5, 0.6) is 11.5 Å². The van der Waals surface area contributed by atoms with E-state index in [0.29, 0.717) is 21.7 Å². The number of aromatic hydroxyl groups is 1. The molecule has 2 heterocycles. The lowest BCUT2D eigenvalue weighted by Gasteiger charge is -2.49. The molecule has 6 amide bonds. The highest BCUT2D eigenvalue weighted by Gasteiger charge is 2.68. The first-order chi connectivity index (χ1) is 19.0. The van der Waals surface area contributed by atoms with Crippen LogP contribution in [0, 0.1) is 29.1 Å². The minimum atomic E-state index is -1.29. The molecule has 2 aromatic rings. The number of methoxy groups -OCH3 is 1. The van der Waals surface area contributed by atoms with Gasteiger partial charge in [0.05, 0.1) is 41.0 Å². The summed E-state index contributed by atoms with van der Waals surface area (Å²) in [5.41, 5.74) is 5.73. The van der Waals surface area contributed by atoms with Crippen molar-refractivity contribution in [2.45, 2.75) is 25.7 Å². The van der Waals surface area contributed by atoms with E-state index in [1.165, 1.54) is 18.1 Å². The average molecular weight is 564 g/mol. The molecule has 0 radical (unpaired) electrons. The topological polar surface area (TPSA) is 147 Å². The van der Waals surface area contributed by atoms with Gasteiger partial charge in [0, 0.05) is 5.92 Å². The molecular formula is C29H26ClN3O7. The third kappa shape index (κ3) is 3.32. The predicted molar refractivity (Wildman–Crippen MR) is 142 cm³/mol. The maximum atomic E-state index is 14.3. The van der Waals surface area contributed by atoms with Crippen LogP contribution in [0.25, 0.3) is 0 Å². The lowest BCUT2D eigenvalue weighted by atomic mass is 9.51. The van der Waals surface area contributed by atoms with Crippen LogP contribution >= 0.6 is 11.6 Å². The molecule has 2 saturated heterocycles. The Morgan fingerprint density at radius 3 is 2.42 bits per heavy atom. The number of anilines is 1. The minimum absolute atomic E-state index is 0.00498. The number of hydrogen-bond acceptors (Lipinski definition) is 7. The van der Waals surface area contributed by atoms with E-state index in [1.54, 1.807) is 43.3 Å². The lowest BCUT2D eigenvalue weighted by Crippen LogP contribution is -2.49. The number of para-hydroxylation sites is 1. The molecule has 206 valence electrons. The normalized spacial score (nSPS) is 31.1. The van der Waals surface area contributed by atoms with Crippen molar-refractivity contribution < 1.29 is 33.8 Å². The second-order valence-electron chi connectivity index (χ2n) is 10.9. The second-order valence-corrected chi connectivity index (χ2v) is 11.3. The highest BCUT2D eigenvalue weighted by atomic mass is 35.5. The van der Waals surface area contributed by atoms with Crippen molar-refractivity contribution in [3.63, 3.8) is 0 Å². The molecule has 3 fully saturated rings. The number of rotatable bonds is 3. The minimum Gasteiger partial charge on any atom is -0.503 e. The van der Waals surface area contributed by atoms with Gasteiger partial charge in [-0.25, -0.2) is 9.69 Å². The van der Waals surface area contributed by atoms with E-state index in [1.807, 2.05) is 6.08 Å². The van der Waals surface area contributed by atoms with Crippen LogP contribution in [-0.2, 0) is 19.2 Å². The number of halogens is 1. The van der Waals surface area contributed by atoms with Crippen molar-refractivity contribution in [2.75, 3.05) is 12.0 Å². The highest BCUT2D eigenvalue weighted by Crippen LogP contribution is 2.64. The van der Waals surface area contributed by atoms with Gasteiger partial charge in [0.2, 0.25) is 23.6 Å². The number of likely N-dealkylation sites (tertiary alicyclic amines) is 1. The smallest absolute Gasteiger partial charge is 0.328 e. The Morgan fingerprint density at radius 2 is 1.77 bits per heavy atom. The summed E-state index contributed by atoms with van der Waals surface area (Å²) in [7, 11) is 1.37. The van der Waals surface area contributed by atoms with E-state index in [-0.39, 0.29) is 29.4 Å². The first kappa shape index (κ1) is 26.1. The fraction of sp³-hybridized carbons (Fsp3) is 0.345. The maximum Gasteiger partial charge on any atom is 0.328 e. The van der Waals surface area contributed by atoms with Crippen LogP contribution in [0.2, 0.25) is 5.02 Å². The van der Waals surface area contributed by atoms with Gasteiger partial charge in [-0.1, -0.05) is 41.4 Å². The number of allylic oxidation sites excluding steroid dienone is 2. The summed E-state index contributed by atoms with van der Waals surface area (Å²) in [5.74, 6) is -6.28. The fourth-order valence-electron chi connectivity index (χ4n) is 7.35. The molecule has 0 bridgehead atoms. The SMILES string of the molecule is COc1cc(C2C3=CCC4C(=O)N(C(N)=O)C(=O)C4C3CC3C(=O)N(c4ccccc4)C(=O)C32C)cc(Cl)c1O. The predicted octanol–water partition coefficient (Wildman–Crippen LogP) is 3.36. The fourth-order valence-corrected chi connectivity index (χ4v) is 7.57. The Labute approximate surface area is 234 Å². The van der Waals surface area contributed by atoms with Crippen molar-refractivity contribution in [1.29, 1.82) is 0 Å². The Kier molecular flexibility index (Phi) is 5.81. The molecule has 11 heteroatoms. The van der Waals surface area contributed by atoms with Crippen molar-refractivity contribution in [3.8, 4) is 11.5 Å². The van der Waals surface area contributed by atoms with Crippen LogP contribution in [0.1, 0.15) is 31.2 Å². The maximum absolute atomic E-state index is 14.3. The Morgan fingerprint density at radius 1 is 1.07 bits per heavy atom. The Hall–Kier alpha value is -4.18. The number of hydrogen-bond donors (Lipinski definition) is 2. The van der Waals surface area contributed by atoms with Crippen molar-refractivity contribution in [2.24, 2.45) is 34.8 Å². The molecule has 0 spiro atoms. The molecule has 40 heavy (non-hydrogen) atoms. The molecule has 3 N–H and O–H groups in total. The van der Waals surface area contributed by atoms with Crippen LogP contribution in [0.4, 0.5) is 10.5 Å². The summed E-state index contributed by atoms with van der Waals surface area (Å²) in [6.07, 6.45) is 2.13. The van der Waals surface area contributed by atoms with E-state index in [9.17, 15) is 29.1 Å². The number of nitrogens with zero attached hydrogens (tertiary/aromatic N) is 2. The molecule has 2 aliphatic heterocycles. The number of ether oxygens (including phenoxy) is 1. The number of primary amides is 1. The van der Waals surface area contributed by atoms with Gasteiger partial charge in [0.1, 0.15) is 0 Å². The molecule has 1 saturated carbocycles. The molecule has 4 aliphatic rings. The number of phenolic OH excluding ortho intramolecular Hbond substituents is 1. The van der Waals surface area contributed by atoms with Crippen LogP contribution in [-0.4, -0.2) is 46.8 Å². The van der Waals surface area contributed by atoms with Crippen molar-refractivity contribution in [1.82, 2.24) is 4.90 Å². The van der Waals surface area contributed by atoms with Crippen LogP contribution in [0.3, 0.4) is 0 Å². The van der Waals surface area contributed by atoms with E-state index in [0.717, 1.165) is 0 Å². The lowest BCUT2D eigenvalue weighted by molar-refractivity contribution is -0.136. The molecule has 6 atom stereocenters. The number of nitrogens with two attached hydrogens (primary N) is 1. The number of fused-ring (bicyclic) bond motifs is 4. The number of benzene rings is 2. The molecule has 2 aromatic carbocycles. The summed E-state index contributed by atoms with van der Waals surface area (Å²) < 4.78 is 5.34. The van der Waals surface area contributed by atoms with Gasteiger partial charge >= 0.3 is 6.03 Å². The van der Waals surface area contributed by atoms with Gasteiger partial charge in [0.25, 0.3) is 0 Å². The van der Waals surface area contributed by atoms with Gasteiger partial charge < -0.3 is 15.6 Å². The quantitative estimate of drug-likeness (QED) is 0.430. The summed E-state index contributed by atoms with van der Waals surface area (Å²) in [6.45, 7) is 1.74. The van der Waals surface area contributed by atoms with Gasteiger partial charge in [-0.15, -0.1) is 0 Å². The van der Waals surface area contributed by atoms with E-state index >= 15 is 0 Å². The van der Waals surface area contributed by atoms with Crippen LogP contribution in [0.15, 0.2) is 54.1 Å². The zero-order valence-electron chi connectivity index (χ0n) is 21.7. The number of imide groups is 4.